The Morgan fingerprint density at radius 1 is 1.07 bits per heavy atom. The number of piperazine rings is 1. The van der Waals surface area contributed by atoms with Crippen molar-refractivity contribution >= 4 is 28.3 Å². The molecule has 1 fully saturated rings. The Morgan fingerprint density at radius 3 is 2.55 bits per heavy atom. The summed E-state index contributed by atoms with van der Waals surface area (Å²) in [6.07, 6.45) is 0.828. The molecule has 1 N–H and O–H groups in total. The monoisotopic (exact) mass is 396 g/mol. The van der Waals surface area contributed by atoms with E-state index < -0.39 is 0 Å². The van der Waals surface area contributed by atoms with Crippen LogP contribution in [0.3, 0.4) is 0 Å². The smallest absolute Gasteiger partial charge is 0.260 e. The van der Waals surface area contributed by atoms with Gasteiger partial charge >= 0.3 is 0 Å². The van der Waals surface area contributed by atoms with Crippen LogP contribution in [0.15, 0.2) is 36.4 Å². The van der Waals surface area contributed by atoms with Crippen LogP contribution in [0.5, 0.6) is 0 Å². The first-order valence-electron chi connectivity index (χ1n) is 10.2. The molecular weight excluding hydrogens is 368 g/mol. The quantitative estimate of drug-likeness (QED) is 0.686. The molecule has 2 aromatic rings. The van der Waals surface area contributed by atoms with Crippen LogP contribution in [0.1, 0.15) is 16.8 Å². The minimum Gasteiger partial charge on any atom is -0.385 e. The van der Waals surface area contributed by atoms with Gasteiger partial charge in [-0.05, 0) is 23.9 Å². The molecule has 0 aromatic heterocycles. The summed E-state index contributed by atoms with van der Waals surface area (Å²) in [6, 6.07) is 12.0. The molecule has 2 amide bonds. The Hall–Kier alpha value is -2.48. The van der Waals surface area contributed by atoms with E-state index in [1.54, 1.807) is 7.11 Å². The molecular formula is C22H28N4O3. The summed E-state index contributed by atoms with van der Waals surface area (Å²) in [4.78, 5) is 31.3. The molecule has 0 atom stereocenters. The van der Waals surface area contributed by atoms with Crippen LogP contribution in [-0.2, 0) is 9.53 Å². The summed E-state index contributed by atoms with van der Waals surface area (Å²) in [5.41, 5.74) is 1.79. The van der Waals surface area contributed by atoms with Gasteiger partial charge in [0.1, 0.15) is 0 Å². The maximum atomic E-state index is 12.9. The van der Waals surface area contributed by atoms with Crippen molar-refractivity contribution < 1.29 is 14.3 Å². The zero-order valence-electron chi connectivity index (χ0n) is 16.9. The second-order valence-corrected chi connectivity index (χ2v) is 7.65. The molecule has 0 spiro atoms. The van der Waals surface area contributed by atoms with Gasteiger partial charge in [0.25, 0.3) is 5.91 Å². The number of amides is 2. The van der Waals surface area contributed by atoms with Gasteiger partial charge in [0, 0.05) is 57.4 Å². The summed E-state index contributed by atoms with van der Waals surface area (Å²) >= 11 is 0. The Labute approximate surface area is 171 Å². The first-order chi connectivity index (χ1) is 14.2. The zero-order chi connectivity index (χ0) is 20.2. The summed E-state index contributed by atoms with van der Waals surface area (Å²) in [5.74, 6) is 0.140. The highest BCUT2D eigenvalue weighted by molar-refractivity contribution is 6.24. The first kappa shape index (κ1) is 19.8. The minimum atomic E-state index is 0.0615. The van der Waals surface area contributed by atoms with Gasteiger partial charge in [0.15, 0.2) is 0 Å². The highest BCUT2D eigenvalue weighted by Gasteiger charge is 2.31. The number of anilines is 1. The summed E-state index contributed by atoms with van der Waals surface area (Å²) in [5, 5.41) is 5.10. The van der Waals surface area contributed by atoms with Crippen LogP contribution in [0.25, 0.3) is 10.8 Å². The molecule has 4 rings (SSSR count). The lowest BCUT2D eigenvalue weighted by molar-refractivity contribution is -0.122. The van der Waals surface area contributed by atoms with Gasteiger partial charge in [-0.25, -0.2) is 0 Å². The van der Waals surface area contributed by atoms with E-state index in [9.17, 15) is 9.59 Å². The van der Waals surface area contributed by atoms with Crippen molar-refractivity contribution in [3.63, 3.8) is 0 Å². The largest absolute Gasteiger partial charge is 0.385 e. The molecule has 2 aromatic carbocycles. The van der Waals surface area contributed by atoms with Gasteiger partial charge in [-0.3, -0.25) is 24.3 Å². The summed E-state index contributed by atoms with van der Waals surface area (Å²) < 4.78 is 4.99. The highest BCUT2D eigenvalue weighted by Crippen LogP contribution is 2.37. The molecule has 0 saturated carbocycles. The topological polar surface area (TPSA) is 65.1 Å². The molecule has 0 radical (unpaired) electrons. The van der Waals surface area contributed by atoms with Crippen molar-refractivity contribution in [1.29, 1.82) is 0 Å². The van der Waals surface area contributed by atoms with E-state index in [1.165, 1.54) is 0 Å². The van der Waals surface area contributed by atoms with E-state index in [4.69, 9.17) is 4.74 Å². The van der Waals surface area contributed by atoms with E-state index >= 15 is 0 Å². The number of methoxy groups -OCH3 is 1. The molecule has 0 unspecified atom stereocenters. The van der Waals surface area contributed by atoms with Crippen LogP contribution in [0, 0.1) is 0 Å². The SMILES string of the molecule is COCCCNC(=O)CN1CCN(CN2C(=O)c3cccc4cccc2c34)CC1. The lowest BCUT2D eigenvalue weighted by atomic mass is 10.1. The van der Waals surface area contributed by atoms with Crippen molar-refractivity contribution in [2.45, 2.75) is 6.42 Å². The Morgan fingerprint density at radius 2 is 1.79 bits per heavy atom. The molecule has 29 heavy (non-hydrogen) atoms. The number of nitrogens with one attached hydrogen (secondary N) is 1. The van der Waals surface area contributed by atoms with E-state index in [1.807, 2.05) is 29.2 Å². The van der Waals surface area contributed by atoms with Gasteiger partial charge in [-0.1, -0.05) is 24.3 Å². The highest BCUT2D eigenvalue weighted by atomic mass is 16.5. The van der Waals surface area contributed by atoms with E-state index in [0.717, 1.165) is 54.6 Å². The minimum absolute atomic E-state index is 0.0615. The normalized spacial score (nSPS) is 17.3. The number of rotatable bonds is 8. The average molecular weight is 396 g/mol. The van der Waals surface area contributed by atoms with E-state index in [0.29, 0.717) is 26.4 Å². The molecule has 2 aliphatic rings. The van der Waals surface area contributed by atoms with Crippen LogP contribution in [0.2, 0.25) is 0 Å². The number of hydrogen-bond acceptors (Lipinski definition) is 5. The number of ether oxygens (including phenoxy) is 1. The lowest BCUT2D eigenvalue weighted by Crippen LogP contribution is -2.52. The second kappa shape index (κ2) is 8.90. The molecule has 0 bridgehead atoms. The van der Waals surface area contributed by atoms with Gasteiger partial charge in [-0.2, -0.15) is 0 Å². The predicted molar refractivity (Wildman–Crippen MR) is 113 cm³/mol. The van der Waals surface area contributed by atoms with Crippen molar-refractivity contribution in [1.82, 2.24) is 15.1 Å². The number of benzene rings is 2. The van der Waals surface area contributed by atoms with Gasteiger partial charge in [0.05, 0.1) is 18.9 Å². The van der Waals surface area contributed by atoms with E-state index in [2.05, 4.69) is 27.2 Å². The fourth-order valence-electron chi connectivity index (χ4n) is 4.11. The lowest BCUT2D eigenvalue weighted by Gasteiger charge is -2.36. The molecule has 2 aliphatic heterocycles. The van der Waals surface area contributed by atoms with Gasteiger partial charge in [0.2, 0.25) is 5.91 Å². The van der Waals surface area contributed by atoms with Gasteiger partial charge in [-0.15, -0.1) is 0 Å². The van der Waals surface area contributed by atoms with Crippen LogP contribution >= 0.6 is 0 Å². The Balaban J connectivity index is 1.29. The second-order valence-electron chi connectivity index (χ2n) is 7.65. The van der Waals surface area contributed by atoms with Gasteiger partial charge < -0.3 is 10.1 Å². The number of nitrogens with zero attached hydrogens (tertiary/aromatic N) is 3. The van der Waals surface area contributed by atoms with Crippen molar-refractivity contribution in [2.24, 2.45) is 0 Å². The molecule has 7 heteroatoms. The van der Waals surface area contributed by atoms with E-state index in [-0.39, 0.29) is 11.8 Å². The summed E-state index contributed by atoms with van der Waals surface area (Å²) in [6.45, 7) is 5.65. The number of carbonyl (C=O) groups is 2. The number of carbonyl (C=O) groups excluding carboxylic acids is 2. The maximum absolute atomic E-state index is 12.9. The van der Waals surface area contributed by atoms with Crippen molar-refractivity contribution in [3.05, 3.63) is 42.0 Å². The molecule has 1 saturated heterocycles. The summed E-state index contributed by atoms with van der Waals surface area (Å²) in [7, 11) is 1.66. The van der Waals surface area contributed by atoms with Crippen molar-refractivity contribution in [2.75, 3.05) is 64.6 Å². The molecule has 2 heterocycles. The Bertz CT molecular complexity index is 888. The third-order valence-corrected chi connectivity index (χ3v) is 5.67. The third kappa shape index (κ3) is 4.27. The maximum Gasteiger partial charge on any atom is 0.260 e. The Kier molecular flexibility index (Phi) is 6.08. The van der Waals surface area contributed by atoms with Crippen LogP contribution in [0.4, 0.5) is 5.69 Å². The third-order valence-electron chi connectivity index (χ3n) is 5.67. The fraction of sp³-hybridized carbons (Fsp3) is 0.455. The standard InChI is InChI=1S/C22H28N4O3/c1-29-14-4-9-23-20(27)15-24-10-12-25(13-11-24)16-26-19-8-3-6-17-5-2-7-18(21(17)19)22(26)28/h2-3,5-8H,4,9-16H2,1H3,(H,23,27). The zero-order valence-corrected chi connectivity index (χ0v) is 16.9. The molecule has 154 valence electrons. The molecule has 7 nitrogen and oxygen atoms in total. The van der Waals surface area contributed by atoms with Crippen molar-refractivity contribution in [3.8, 4) is 0 Å². The predicted octanol–water partition coefficient (Wildman–Crippen LogP) is 1.53. The molecule has 0 aliphatic carbocycles. The van der Waals surface area contributed by atoms with Crippen LogP contribution < -0.4 is 10.2 Å². The number of hydrogen-bond donors (Lipinski definition) is 1. The first-order valence-corrected chi connectivity index (χ1v) is 10.2. The average Bonchev–Trinajstić information content (AvgIpc) is 3.01. The fourth-order valence-corrected chi connectivity index (χ4v) is 4.11. The van der Waals surface area contributed by atoms with Crippen LogP contribution in [-0.4, -0.2) is 81.3 Å².